The molecule has 0 aliphatic carbocycles. The highest BCUT2D eigenvalue weighted by Gasteiger charge is 2.18. The second-order valence-corrected chi connectivity index (χ2v) is 6.62. The molecule has 0 fully saturated rings. The van der Waals surface area contributed by atoms with Crippen LogP contribution in [-0.4, -0.2) is 20.3 Å². The van der Waals surface area contributed by atoms with E-state index >= 15 is 0 Å². The molecular formula is C21H15F2N3O3. The molecule has 1 aromatic carbocycles. The zero-order valence-corrected chi connectivity index (χ0v) is 15.6. The van der Waals surface area contributed by atoms with Crippen molar-refractivity contribution in [3.05, 3.63) is 81.6 Å². The number of carbonyl (C=O) groups excluding carboxylic acids is 1. The quantitative estimate of drug-likeness (QED) is 0.494. The van der Waals surface area contributed by atoms with Gasteiger partial charge < -0.3 is 4.42 Å². The number of halogens is 2. The molecule has 29 heavy (non-hydrogen) atoms. The van der Waals surface area contributed by atoms with Gasteiger partial charge in [-0.05, 0) is 30.7 Å². The molecule has 0 aliphatic heterocycles. The van der Waals surface area contributed by atoms with Crippen molar-refractivity contribution in [2.24, 2.45) is 7.05 Å². The molecule has 3 aromatic heterocycles. The number of hydrogen-bond acceptors (Lipinski definition) is 5. The highest BCUT2D eigenvalue weighted by Crippen LogP contribution is 2.26. The van der Waals surface area contributed by atoms with E-state index in [9.17, 15) is 18.4 Å². The summed E-state index contributed by atoms with van der Waals surface area (Å²) in [6.07, 6.45) is 2.88. The van der Waals surface area contributed by atoms with E-state index in [1.165, 1.54) is 16.8 Å². The van der Waals surface area contributed by atoms with E-state index in [0.717, 1.165) is 12.1 Å². The monoisotopic (exact) mass is 395 g/mol. The summed E-state index contributed by atoms with van der Waals surface area (Å²) in [4.78, 5) is 32.6. The molecule has 0 bridgehead atoms. The standard InChI is InChI=1S/C21H15F2N3O3/c1-11-13(10-25-20-19(11)29-21(28)26(20)2)16-7-6-12(9-24-16)8-17(27)18-14(22)4-3-5-15(18)23/h3-7,9-10H,8H2,1-2H3. The van der Waals surface area contributed by atoms with Gasteiger partial charge in [-0.3, -0.25) is 14.3 Å². The molecule has 0 aliphatic rings. The van der Waals surface area contributed by atoms with E-state index in [-0.39, 0.29) is 6.42 Å². The van der Waals surface area contributed by atoms with Crippen LogP contribution >= 0.6 is 0 Å². The van der Waals surface area contributed by atoms with E-state index in [1.807, 2.05) is 0 Å². The van der Waals surface area contributed by atoms with Crippen LogP contribution in [0.3, 0.4) is 0 Å². The van der Waals surface area contributed by atoms with Crippen molar-refractivity contribution in [1.82, 2.24) is 14.5 Å². The maximum absolute atomic E-state index is 13.8. The maximum atomic E-state index is 13.8. The first kappa shape index (κ1) is 18.7. The number of benzene rings is 1. The summed E-state index contributed by atoms with van der Waals surface area (Å²) in [6, 6.07) is 6.64. The third-order valence-electron chi connectivity index (χ3n) is 4.75. The maximum Gasteiger partial charge on any atom is 0.420 e. The lowest BCUT2D eigenvalue weighted by atomic mass is 10.0. The summed E-state index contributed by atoms with van der Waals surface area (Å²) in [5, 5.41) is 0. The lowest BCUT2D eigenvalue weighted by molar-refractivity contribution is 0.0985. The number of nitrogens with zero attached hydrogens (tertiary/aromatic N) is 3. The normalized spacial score (nSPS) is 11.2. The van der Waals surface area contributed by atoms with Gasteiger partial charge in [0.2, 0.25) is 0 Å². The molecule has 6 nitrogen and oxygen atoms in total. The Labute approximate surface area is 163 Å². The predicted octanol–water partition coefficient (Wildman–Crippen LogP) is 3.60. The minimum Gasteiger partial charge on any atom is -0.406 e. The van der Waals surface area contributed by atoms with E-state index in [0.29, 0.717) is 33.6 Å². The molecule has 0 spiro atoms. The number of aryl methyl sites for hydroxylation is 2. The van der Waals surface area contributed by atoms with Gasteiger partial charge in [-0.2, -0.15) is 0 Å². The van der Waals surface area contributed by atoms with Crippen molar-refractivity contribution < 1.29 is 18.0 Å². The lowest BCUT2D eigenvalue weighted by Crippen LogP contribution is -2.09. The number of hydrogen-bond donors (Lipinski definition) is 0. The Morgan fingerprint density at radius 3 is 2.48 bits per heavy atom. The minimum atomic E-state index is -0.890. The molecular weight excluding hydrogens is 380 g/mol. The molecule has 8 heteroatoms. The number of pyridine rings is 2. The van der Waals surface area contributed by atoms with Gasteiger partial charge in [-0.15, -0.1) is 0 Å². The van der Waals surface area contributed by atoms with Crippen LogP contribution in [0.4, 0.5) is 8.78 Å². The van der Waals surface area contributed by atoms with Gasteiger partial charge in [-0.1, -0.05) is 12.1 Å². The second kappa shape index (κ2) is 7.05. The van der Waals surface area contributed by atoms with Gasteiger partial charge in [0, 0.05) is 37.0 Å². The van der Waals surface area contributed by atoms with Crippen molar-refractivity contribution in [3.8, 4) is 11.3 Å². The predicted molar refractivity (Wildman–Crippen MR) is 102 cm³/mol. The zero-order valence-electron chi connectivity index (χ0n) is 15.6. The summed E-state index contributed by atoms with van der Waals surface area (Å²) >= 11 is 0. The van der Waals surface area contributed by atoms with Crippen LogP contribution in [0.25, 0.3) is 22.5 Å². The van der Waals surface area contributed by atoms with Crippen molar-refractivity contribution in [2.45, 2.75) is 13.3 Å². The summed E-state index contributed by atoms with van der Waals surface area (Å²) in [5.74, 6) is -2.95. The van der Waals surface area contributed by atoms with E-state index in [1.54, 1.807) is 32.3 Å². The van der Waals surface area contributed by atoms with Crippen LogP contribution in [0.1, 0.15) is 21.5 Å². The summed E-state index contributed by atoms with van der Waals surface area (Å²) in [7, 11) is 1.57. The molecule has 4 rings (SSSR count). The first-order chi connectivity index (χ1) is 13.9. The van der Waals surface area contributed by atoms with Crippen LogP contribution < -0.4 is 5.76 Å². The number of fused-ring (bicyclic) bond motifs is 1. The third kappa shape index (κ3) is 3.22. The fourth-order valence-electron chi connectivity index (χ4n) is 3.16. The number of aromatic nitrogens is 3. The van der Waals surface area contributed by atoms with Crippen LogP contribution in [0.2, 0.25) is 0 Å². The highest BCUT2D eigenvalue weighted by atomic mass is 19.1. The Morgan fingerprint density at radius 2 is 1.83 bits per heavy atom. The van der Waals surface area contributed by atoms with E-state index < -0.39 is 28.7 Å². The first-order valence-corrected chi connectivity index (χ1v) is 8.74. The minimum absolute atomic E-state index is 0.186. The van der Waals surface area contributed by atoms with Gasteiger partial charge in [0.25, 0.3) is 0 Å². The molecule has 0 unspecified atom stereocenters. The zero-order chi connectivity index (χ0) is 20.7. The van der Waals surface area contributed by atoms with Gasteiger partial charge in [-0.25, -0.2) is 18.6 Å². The van der Waals surface area contributed by atoms with Crippen molar-refractivity contribution in [3.63, 3.8) is 0 Å². The summed E-state index contributed by atoms with van der Waals surface area (Å²) < 4.78 is 34.1. The summed E-state index contributed by atoms with van der Waals surface area (Å²) in [6.45, 7) is 1.79. The number of carbonyl (C=O) groups is 1. The van der Waals surface area contributed by atoms with Crippen LogP contribution in [0.5, 0.6) is 0 Å². The SMILES string of the molecule is Cc1c(-c2ccc(CC(=O)c3c(F)cccc3F)cn2)cnc2c1oc(=O)n2C. The Bertz CT molecular complexity index is 1290. The molecule has 0 atom stereocenters. The smallest absolute Gasteiger partial charge is 0.406 e. The van der Waals surface area contributed by atoms with Crippen molar-refractivity contribution in [1.29, 1.82) is 0 Å². The average molecular weight is 395 g/mol. The Kier molecular flexibility index (Phi) is 4.54. The topological polar surface area (TPSA) is 78.0 Å². The van der Waals surface area contributed by atoms with Gasteiger partial charge in [0.1, 0.15) is 11.6 Å². The molecule has 0 N–H and O–H groups in total. The molecule has 3 heterocycles. The number of rotatable bonds is 4. The average Bonchev–Trinajstić information content (AvgIpc) is 2.98. The summed E-state index contributed by atoms with van der Waals surface area (Å²) in [5.41, 5.74) is 2.72. The fraction of sp³-hybridized carbons (Fsp3) is 0.143. The van der Waals surface area contributed by atoms with Gasteiger partial charge in [0.15, 0.2) is 17.0 Å². The van der Waals surface area contributed by atoms with Crippen molar-refractivity contribution >= 4 is 17.0 Å². The fourth-order valence-corrected chi connectivity index (χ4v) is 3.16. The molecule has 4 aromatic rings. The molecule has 0 amide bonds. The molecule has 0 saturated heterocycles. The van der Waals surface area contributed by atoms with Gasteiger partial charge >= 0.3 is 5.76 Å². The van der Waals surface area contributed by atoms with Crippen LogP contribution in [0, 0.1) is 18.6 Å². The van der Waals surface area contributed by atoms with Crippen molar-refractivity contribution in [2.75, 3.05) is 0 Å². The second-order valence-electron chi connectivity index (χ2n) is 6.62. The molecule has 0 radical (unpaired) electrons. The molecule has 146 valence electrons. The highest BCUT2D eigenvalue weighted by molar-refractivity contribution is 5.98. The third-order valence-corrected chi connectivity index (χ3v) is 4.75. The van der Waals surface area contributed by atoms with Crippen LogP contribution in [-0.2, 0) is 13.5 Å². The molecule has 0 saturated carbocycles. The number of oxazole rings is 1. The number of Topliss-reactive ketones (excluding diaryl/α,β-unsaturated/α-hetero) is 1. The van der Waals surface area contributed by atoms with Crippen LogP contribution in [0.15, 0.2) is 51.9 Å². The van der Waals surface area contributed by atoms with E-state index in [4.69, 9.17) is 4.42 Å². The lowest BCUT2D eigenvalue weighted by Gasteiger charge is -2.07. The van der Waals surface area contributed by atoms with Gasteiger partial charge in [0.05, 0.1) is 11.3 Å². The largest absolute Gasteiger partial charge is 0.420 e. The Balaban J connectivity index is 1.63. The first-order valence-electron chi connectivity index (χ1n) is 8.74. The Hall–Kier alpha value is -3.68. The number of ketones is 1. The Morgan fingerprint density at radius 1 is 1.10 bits per heavy atom. The van der Waals surface area contributed by atoms with E-state index in [2.05, 4.69) is 9.97 Å².